The predicted octanol–water partition coefficient (Wildman–Crippen LogP) is -0.714. The molecular formula is C18H28N3O4+. The SMILES string of the molecule is COc1cc2c(cc1OC)C[NH+](CC(=O)NCC(=O)NC(C)C)CC2. The minimum Gasteiger partial charge on any atom is -0.493 e. The Labute approximate surface area is 148 Å². The van der Waals surface area contributed by atoms with Crippen LogP contribution in [0.1, 0.15) is 25.0 Å². The fourth-order valence-electron chi connectivity index (χ4n) is 3.02. The average Bonchev–Trinajstić information content (AvgIpc) is 2.58. The first-order chi connectivity index (χ1) is 11.9. The molecule has 1 heterocycles. The number of hydrogen-bond acceptors (Lipinski definition) is 4. The molecule has 0 saturated carbocycles. The molecule has 1 atom stereocenters. The maximum absolute atomic E-state index is 12.1. The van der Waals surface area contributed by atoms with Crippen molar-refractivity contribution >= 4 is 11.8 Å². The van der Waals surface area contributed by atoms with Gasteiger partial charge in [-0.15, -0.1) is 0 Å². The van der Waals surface area contributed by atoms with E-state index in [9.17, 15) is 9.59 Å². The molecule has 25 heavy (non-hydrogen) atoms. The molecule has 1 aliphatic heterocycles. The number of quaternary nitrogens is 1. The van der Waals surface area contributed by atoms with Crippen LogP contribution in [-0.4, -0.2) is 51.7 Å². The molecule has 138 valence electrons. The van der Waals surface area contributed by atoms with Crippen molar-refractivity contribution in [3.05, 3.63) is 23.3 Å². The van der Waals surface area contributed by atoms with Gasteiger partial charge >= 0.3 is 0 Å². The summed E-state index contributed by atoms with van der Waals surface area (Å²) in [5.74, 6) is 1.16. The minimum absolute atomic E-state index is 0.0197. The number of amides is 2. The normalized spacial score (nSPS) is 16.1. The second-order valence-corrected chi connectivity index (χ2v) is 6.58. The summed E-state index contributed by atoms with van der Waals surface area (Å²) in [6.07, 6.45) is 0.881. The molecule has 0 aliphatic carbocycles. The molecule has 2 amide bonds. The highest BCUT2D eigenvalue weighted by Crippen LogP contribution is 2.31. The van der Waals surface area contributed by atoms with E-state index in [1.54, 1.807) is 14.2 Å². The molecule has 0 bridgehead atoms. The average molecular weight is 350 g/mol. The zero-order valence-electron chi connectivity index (χ0n) is 15.4. The van der Waals surface area contributed by atoms with Gasteiger partial charge in [0.05, 0.1) is 27.3 Å². The summed E-state index contributed by atoms with van der Waals surface area (Å²) in [6, 6.07) is 4.07. The lowest BCUT2D eigenvalue weighted by molar-refractivity contribution is -0.908. The van der Waals surface area contributed by atoms with Gasteiger partial charge < -0.3 is 25.0 Å². The fraction of sp³-hybridized carbons (Fsp3) is 0.556. The third-order valence-corrected chi connectivity index (χ3v) is 4.20. The van der Waals surface area contributed by atoms with E-state index in [0.29, 0.717) is 12.3 Å². The quantitative estimate of drug-likeness (QED) is 0.607. The van der Waals surface area contributed by atoms with Crippen LogP contribution in [-0.2, 0) is 22.6 Å². The number of carbonyl (C=O) groups excluding carboxylic acids is 2. The molecule has 2 rings (SSSR count). The van der Waals surface area contributed by atoms with Gasteiger partial charge in [0.2, 0.25) is 5.91 Å². The van der Waals surface area contributed by atoms with Crippen molar-refractivity contribution in [1.82, 2.24) is 10.6 Å². The van der Waals surface area contributed by atoms with Crippen LogP contribution in [0.2, 0.25) is 0 Å². The summed E-state index contributed by atoms with van der Waals surface area (Å²) in [5.41, 5.74) is 2.40. The van der Waals surface area contributed by atoms with E-state index in [4.69, 9.17) is 9.47 Å². The van der Waals surface area contributed by atoms with E-state index >= 15 is 0 Å². The van der Waals surface area contributed by atoms with Gasteiger partial charge in [-0.3, -0.25) is 9.59 Å². The van der Waals surface area contributed by atoms with Crippen molar-refractivity contribution in [2.75, 3.05) is 33.9 Å². The van der Waals surface area contributed by atoms with Gasteiger partial charge in [-0.2, -0.15) is 0 Å². The van der Waals surface area contributed by atoms with Gasteiger partial charge in [-0.05, 0) is 31.5 Å². The van der Waals surface area contributed by atoms with Crippen LogP contribution < -0.4 is 25.0 Å². The largest absolute Gasteiger partial charge is 0.493 e. The van der Waals surface area contributed by atoms with Crippen LogP contribution >= 0.6 is 0 Å². The lowest BCUT2D eigenvalue weighted by Gasteiger charge is -2.26. The van der Waals surface area contributed by atoms with E-state index in [0.717, 1.165) is 25.3 Å². The second-order valence-electron chi connectivity index (χ2n) is 6.58. The van der Waals surface area contributed by atoms with Crippen LogP contribution in [0.25, 0.3) is 0 Å². The van der Waals surface area contributed by atoms with Gasteiger partial charge in [0.25, 0.3) is 5.91 Å². The van der Waals surface area contributed by atoms with Crippen molar-refractivity contribution in [2.24, 2.45) is 0 Å². The molecule has 0 aromatic heterocycles. The topological polar surface area (TPSA) is 81.1 Å². The number of hydrogen-bond donors (Lipinski definition) is 3. The molecule has 0 spiro atoms. The van der Waals surface area contributed by atoms with Crippen molar-refractivity contribution in [3.63, 3.8) is 0 Å². The second kappa shape index (κ2) is 8.71. The summed E-state index contributed by atoms with van der Waals surface area (Å²) in [4.78, 5) is 24.8. The molecule has 1 aliphatic rings. The molecule has 3 N–H and O–H groups in total. The van der Waals surface area contributed by atoms with Gasteiger partial charge in [-0.25, -0.2) is 0 Å². The number of carbonyl (C=O) groups is 2. The minimum atomic E-state index is -0.167. The lowest BCUT2D eigenvalue weighted by Crippen LogP contribution is -3.12. The van der Waals surface area contributed by atoms with Crippen molar-refractivity contribution < 1.29 is 24.0 Å². The molecule has 7 nitrogen and oxygen atoms in total. The standard InChI is InChI=1S/C18H27N3O4/c1-12(2)20-17(22)9-19-18(23)11-21-6-5-13-7-15(24-3)16(25-4)8-14(13)10-21/h7-8,12H,5-6,9-11H2,1-4H3,(H,19,23)(H,20,22)/p+1. The van der Waals surface area contributed by atoms with Gasteiger partial charge in [0.1, 0.15) is 6.54 Å². The van der Waals surface area contributed by atoms with Crippen molar-refractivity contribution in [3.8, 4) is 11.5 Å². The Morgan fingerprint density at radius 2 is 1.76 bits per heavy atom. The molecule has 1 aromatic carbocycles. The van der Waals surface area contributed by atoms with E-state index < -0.39 is 0 Å². The molecule has 7 heteroatoms. The highest BCUT2D eigenvalue weighted by atomic mass is 16.5. The monoisotopic (exact) mass is 350 g/mol. The highest BCUT2D eigenvalue weighted by Gasteiger charge is 2.24. The lowest BCUT2D eigenvalue weighted by atomic mass is 9.99. The molecule has 0 radical (unpaired) electrons. The third kappa shape index (κ3) is 5.35. The summed E-state index contributed by atoms with van der Waals surface area (Å²) < 4.78 is 10.7. The van der Waals surface area contributed by atoms with Crippen LogP contribution in [0.15, 0.2) is 12.1 Å². The van der Waals surface area contributed by atoms with Crippen molar-refractivity contribution in [1.29, 1.82) is 0 Å². The maximum atomic E-state index is 12.1. The molecule has 0 fully saturated rings. The number of fused-ring (bicyclic) bond motifs is 1. The zero-order chi connectivity index (χ0) is 18.4. The third-order valence-electron chi connectivity index (χ3n) is 4.20. The Morgan fingerprint density at radius 3 is 2.36 bits per heavy atom. The van der Waals surface area contributed by atoms with Crippen LogP contribution in [0.4, 0.5) is 0 Å². The summed E-state index contributed by atoms with van der Waals surface area (Å²) >= 11 is 0. The van der Waals surface area contributed by atoms with Crippen LogP contribution in [0.5, 0.6) is 11.5 Å². The summed E-state index contributed by atoms with van der Waals surface area (Å²) in [7, 11) is 3.25. The summed E-state index contributed by atoms with van der Waals surface area (Å²) in [5, 5.41) is 5.44. The van der Waals surface area contributed by atoms with E-state index in [2.05, 4.69) is 10.6 Å². The Balaban J connectivity index is 1.90. The maximum Gasteiger partial charge on any atom is 0.275 e. The smallest absolute Gasteiger partial charge is 0.275 e. The Bertz CT molecular complexity index is 631. The van der Waals surface area contributed by atoms with E-state index in [1.165, 1.54) is 16.0 Å². The number of benzene rings is 1. The van der Waals surface area contributed by atoms with Crippen molar-refractivity contribution in [2.45, 2.75) is 32.9 Å². The fourth-order valence-corrected chi connectivity index (χ4v) is 3.02. The first kappa shape index (κ1) is 19.1. The first-order valence-electron chi connectivity index (χ1n) is 8.56. The van der Waals surface area contributed by atoms with Crippen LogP contribution in [0.3, 0.4) is 0 Å². The van der Waals surface area contributed by atoms with Gasteiger partial charge in [0.15, 0.2) is 18.0 Å². The number of nitrogens with one attached hydrogen (secondary N) is 3. The van der Waals surface area contributed by atoms with E-state index in [-0.39, 0.29) is 24.4 Å². The molecule has 1 aromatic rings. The molecule has 0 saturated heterocycles. The van der Waals surface area contributed by atoms with Gasteiger partial charge in [0, 0.05) is 18.0 Å². The summed E-state index contributed by atoms with van der Waals surface area (Å²) in [6.45, 7) is 5.76. The number of ether oxygens (including phenoxy) is 2. The molecular weight excluding hydrogens is 322 g/mol. The zero-order valence-corrected chi connectivity index (χ0v) is 15.4. The Morgan fingerprint density at radius 1 is 1.12 bits per heavy atom. The van der Waals surface area contributed by atoms with Gasteiger partial charge in [-0.1, -0.05) is 0 Å². The highest BCUT2D eigenvalue weighted by molar-refractivity contribution is 5.85. The Hall–Kier alpha value is -2.28. The van der Waals surface area contributed by atoms with Crippen LogP contribution in [0, 0.1) is 0 Å². The molecule has 1 unspecified atom stereocenters. The predicted molar refractivity (Wildman–Crippen MR) is 93.9 cm³/mol. The Kier molecular flexibility index (Phi) is 6.64. The number of methoxy groups -OCH3 is 2. The van der Waals surface area contributed by atoms with E-state index in [1.807, 2.05) is 26.0 Å². The number of rotatable bonds is 7. The first-order valence-corrected chi connectivity index (χ1v) is 8.56.